The minimum atomic E-state index is 0.574. The molecule has 0 spiro atoms. The molecule has 0 aliphatic heterocycles. The van der Waals surface area contributed by atoms with Crippen LogP contribution in [0.4, 0.5) is 0 Å². The van der Waals surface area contributed by atoms with Gasteiger partial charge in [-0.3, -0.25) is 4.98 Å². The molecular formula is C15H25N. The van der Waals surface area contributed by atoms with Crippen molar-refractivity contribution in [1.29, 1.82) is 0 Å². The third-order valence-corrected chi connectivity index (χ3v) is 3.08. The number of hydrogen-bond donors (Lipinski definition) is 0. The Hall–Kier alpha value is -0.850. The Morgan fingerprint density at radius 3 is 2.31 bits per heavy atom. The molecule has 0 fully saturated rings. The molecule has 0 N–H and O–H groups in total. The number of aromatic nitrogens is 1. The van der Waals surface area contributed by atoms with E-state index in [4.69, 9.17) is 0 Å². The van der Waals surface area contributed by atoms with Gasteiger partial charge >= 0.3 is 0 Å². The van der Waals surface area contributed by atoms with E-state index in [-0.39, 0.29) is 0 Å². The second-order valence-corrected chi connectivity index (χ2v) is 5.22. The van der Waals surface area contributed by atoms with Gasteiger partial charge in [0.25, 0.3) is 0 Å². The Kier molecular flexibility index (Phi) is 4.98. The Balaban J connectivity index is 2.99. The number of pyridine rings is 1. The SMILES string of the molecule is CCCCc1ncc(C(C)C)cc1C(C)C. The van der Waals surface area contributed by atoms with Crippen LogP contribution in [-0.4, -0.2) is 4.98 Å². The zero-order valence-electron chi connectivity index (χ0n) is 11.4. The van der Waals surface area contributed by atoms with Crippen LogP contribution < -0.4 is 0 Å². The van der Waals surface area contributed by atoms with Crippen molar-refractivity contribution in [1.82, 2.24) is 4.98 Å². The van der Waals surface area contributed by atoms with Gasteiger partial charge in [-0.2, -0.15) is 0 Å². The van der Waals surface area contributed by atoms with Crippen LogP contribution in [0.2, 0.25) is 0 Å². The molecule has 0 bridgehead atoms. The highest BCUT2D eigenvalue weighted by Gasteiger charge is 2.10. The van der Waals surface area contributed by atoms with E-state index in [1.54, 1.807) is 0 Å². The lowest BCUT2D eigenvalue weighted by molar-refractivity contribution is 0.736. The zero-order valence-corrected chi connectivity index (χ0v) is 11.4. The van der Waals surface area contributed by atoms with Gasteiger partial charge in [-0.25, -0.2) is 0 Å². The predicted molar refractivity (Wildman–Crippen MR) is 71.0 cm³/mol. The molecule has 1 aromatic heterocycles. The molecule has 0 atom stereocenters. The molecular weight excluding hydrogens is 194 g/mol. The smallest absolute Gasteiger partial charge is 0.0438 e. The summed E-state index contributed by atoms with van der Waals surface area (Å²) in [6.45, 7) is 11.2. The molecule has 0 radical (unpaired) electrons. The maximum Gasteiger partial charge on any atom is 0.0438 e. The Morgan fingerprint density at radius 2 is 1.81 bits per heavy atom. The van der Waals surface area contributed by atoms with Crippen molar-refractivity contribution in [3.05, 3.63) is 29.1 Å². The lowest BCUT2D eigenvalue weighted by Gasteiger charge is -2.15. The Bertz CT molecular complexity index is 326. The molecule has 0 aliphatic rings. The van der Waals surface area contributed by atoms with Crippen molar-refractivity contribution in [2.24, 2.45) is 0 Å². The lowest BCUT2D eigenvalue weighted by Crippen LogP contribution is -2.03. The largest absolute Gasteiger partial charge is 0.261 e. The standard InChI is InChI=1S/C15H25N/c1-6-7-8-15-14(12(4)5)9-13(10-16-15)11(2)3/h9-12H,6-8H2,1-5H3. The monoisotopic (exact) mass is 219 g/mol. The molecule has 0 unspecified atom stereocenters. The van der Waals surface area contributed by atoms with Crippen molar-refractivity contribution in [3.63, 3.8) is 0 Å². The molecule has 0 amide bonds. The second kappa shape index (κ2) is 6.03. The van der Waals surface area contributed by atoms with Crippen molar-refractivity contribution in [3.8, 4) is 0 Å². The van der Waals surface area contributed by atoms with E-state index in [1.165, 1.54) is 29.7 Å². The summed E-state index contributed by atoms with van der Waals surface area (Å²) in [4.78, 5) is 4.66. The number of hydrogen-bond acceptors (Lipinski definition) is 1. The van der Waals surface area contributed by atoms with Crippen molar-refractivity contribution < 1.29 is 0 Å². The van der Waals surface area contributed by atoms with Crippen molar-refractivity contribution >= 4 is 0 Å². The van der Waals surface area contributed by atoms with Crippen LogP contribution in [0, 0.1) is 0 Å². The fraction of sp³-hybridized carbons (Fsp3) is 0.667. The summed E-state index contributed by atoms with van der Waals surface area (Å²) in [7, 11) is 0. The van der Waals surface area contributed by atoms with Gasteiger partial charge in [0.1, 0.15) is 0 Å². The fourth-order valence-electron chi connectivity index (χ4n) is 1.90. The van der Waals surface area contributed by atoms with Gasteiger partial charge in [0.15, 0.2) is 0 Å². The number of aryl methyl sites for hydroxylation is 1. The van der Waals surface area contributed by atoms with Crippen LogP contribution in [0.25, 0.3) is 0 Å². The van der Waals surface area contributed by atoms with Crippen LogP contribution in [-0.2, 0) is 6.42 Å². The number of unbranched alkanes of at least 4 members (excludes halogenated alkanes) is 1. The van der Waals surface area contributed by atoms with E-state index in [0.717, 1.165) is 6.42 Å². The van der Waals surface area contributed by atoms with Gasteiger partial charge < -0.3 is 0 Å². The molecule has 0 saturated heterocycles. The first-order chi connectivity index (χ1) is 7.56. The third-order valence-electron chi connectivity index (χ3n) is 3.08. The highest BCUT2D eigenvalue weighted by atomic mass is 14.7. The average Bonchev–Trinajstić information content (AvgIpc) is 2.25. The van der Waals surface area contributed by atoms with E-state index in [1.807, 2.05) is 0 Å². The third kappa shape index (κ3) is 3.33. The fourth-order valence-corrected chi connectivity index (χ4v) is 1.90. The molecule has 1 heterocycles. The van der Waals surface area contributed by atoms with Gasteiger partial charge in [0, 0.05) is 11.9 Å². The Labute approximate surface area is 100 Å². The summed E-state index contributed by atoms with van der Waals surface area (Å²) in [5, 5.41) is 0. The zero-order chi connectivity index (χ0) is 12.1. The first kappa shape index (κ1) is 13.2. The van der Waals surface area contributed by atoms with Crippen molar-refractivity contribution in [2.75, 3.05) is 0 Å². The summed E-state index contributed by atoms with van der Waals surface area (Å²) in [5.74, 6) is 1.16. The summed E-state index contributed by atoms with van der Waals surface area (Å²) >= 11 is 0. The van der Waals surface area contributed by atoms with Crippen LogP contribution >= 0.6 is 0 Å². The number of rotatable bonds is 5. The quantitative estimate of drug-likeness (QED) is 0.701. The summed E-state index contributed by atoms with van der Waals surface area (Å²) in [6.07, 6.45) is 5.67. The molecule has 1 nitrogen and oxygen atoms in total. The maximum absolute atomic E-state index is 4.66. The molecule has 0 aromatic carbocycles. The van der Waals surface area contributed by atoms with Gasteiger partial charge in [0.05, 0.1) is 0 Å². The Morgan fingerprint density at radius 1 is 1.12 bits per heavy atom. The van der Waals surface area contributed by atoms with E-state index in [2.05, 4.69) is 51.9 Å². The summed E-state index contributed by atoms with van der Waals surface area (Å²) < 4.78 is 0. The molecule has 0 saturated carbocycles. The van der Waals surface area contributed by atoms with Gasteiger partial charge in [-0.1, -0.05) is 47.1 Å². The average molecular weight is 219 g/mol. The van der Waals surface area contributed by atoms with Gasteiger partial charge in [0.2, 0.25) is 0 Å². The predicted octanol–water partition coefficient (Wildman–Crippen LogP) is 4.67. The highest BCUT2D eigenvalue weighted by Crippen LogP contribution is 2.24. The van der Waals surface area contributed by atoms with Gasteiger partial charge in [-0.15, -0.1) is 0 Å². The van der Waals surface area contributed by atoms with Crippen molar-refractivity contribution in [2.45, 2.75) is 65.7 Å². The lowest BCUT2D eigenvalue weighted by atomic mass is 9.94. The van der Waals surface area contributed by atoms with Gasteiger partial charge in [-0.05, 0) is 35.8 Å². The molecule has 1 rings (SSSR count). The minimum Gasteiger partial charge on any atom is -0.261 e. The van der Waals surface area contributed by atoms with E-state index in [0.29, 0.717) is 11.8 Å². The van der Waals surface area contributed by atoms with E-state index >= 15 is 0 Å². The summed E-state index contributed by atoms with van der Waals surface area (Å²) in [6, 6.07) is 2.35. The summed E-state index contributed by atoms with van der Waals surface area (Å²) in [5.41, 5.74) is 4.12. The van der Waals surface area contributed by atoms with Crippen LogP contribution in [0.5, 0.6) is 0 Å². The molecule has 1 aromatic rings. The van der Waals surface area contributed by atoms with Crippen LogP contribution in [0.3, 0.4) is 0 Å². The van der Waals surface area contributed by atoms with Crippen LogP contribution in [0.1, 0.15) is 76.1 Å². The van der Waals surface area contributed by atoms with Crippen LogP contribution in [0.15, 0.2) is 12.3 Å². The first-order valence-electron chi connectivity index (χ1n) is 6.55. The second-order valence-electron chi connectivity index (χ2n) is 5.22. The molecule has 16 heavy (non-hydrogen) atoms. The normalized spacial score (nSPS) is 11.4. The molecule has 90 valence electrons. The topological polar surface area (TPSA) is 12.9 Å². The first-order valence-corrected chi connectivity index (χ1v) is 6.55. The highest BCUT2D eigenvalue weighted by molar-refractivity contribution is 5.29. The molecule has 0 aliphatic carbocycles. The molecule has 1 heteroatoms. The number of nitrogens with zero attached hydrogens (tertiary/aromatic N) is 1. The maximum atomic E-state index is 4.66. The van der Waals surface area contributed by atoms with E-state index in [9.17, 15) is 0 Å². The van der Waals surface area contributed by atoms with E-state index < -0.39 is 0 Å². The minimum absolute atomic E-state index is 0.574.